The summed E-state index contributed by atoms with van der Waals surface area (Å²) in [4.78, 5) is 0. The van der Waals surface area contributed by atoms with Gasteiger partial charge in [0.15, 0.2) is 0 Å². The normalized spacial score (nSPS) is 25.8. The van der Waals surface area contributed by atoms with Crippen LogP contribution >= 0.6 is 15.9 Å². The van der Waals surface area contributed by atoms with Crippen molar-refractivity contribution in [1.82, 2.24) is 0 Å². The smallest absolute Gasteiger partial charge is 0.129 e. The average Bonchev–Trinajstić information content (AvgIpc) is 2.51. The number of benzene rings is 2. The average molecular weight is 349 g/mol. The lowest BCUT2D eigenvalue weighted by molar-refractivity contribution is -0.0253. The van der Waals surface area contributed by atoms with Crippen molar-refractivity contribution in [3.8, 4) is 0 Å². The van der Waals surface area contributed by atoms with E-state index in [-0.39, 0.29) is 11.7 Å². The summed E-state index contributed by atoms with van der Waals surface area (Å²) in [5.41, 5.74) is 0.359. The van der Waals surface area contributed by atoms with Crippen LogP contribution in [0.15, 0.2) is 53.0 Å². The van der Waals surface area contributed by atoms with Crippen LogP contribution in [0.5, 0.6) is 0 Å². The Hall–Kier alpha value is -1.19. The highest BCUT2D eigenvalue weighted by molar-refractivity contribution is 9.10. The number of hydrogen-bond acceptors (Lipinski definition) is 1. The first-order valence-corrected chi connectivity index (χ1v) is 8.13. The Kier molecular flexibility index (Phi) is 4.14. The van der Waals surface area contributed by atoms with Crippen LogP contribution in [-0.2, 0) is 5.60 Å². The van der Waals surface area contributed by atoms with Crippen LogP contribution in [0.3, 0.4) is 0 Å². The van der Waals surface area contributed by atoms with E-state index < -0.39 is 5.60 Å². The molecule has 2 unspecified atom stereocenters. The molecule has 0 heterocycles. The Labute approximate surface area is 132 Å². The number of rotatable bonds is 2. The minimum Gasteiger partial charge on any atom is -0.384 e. The Morgan fingerprint density at radius 3 is 2.62 bits per heavy atom. The van der Waals surface area contributed by atoms with Gasteiger partial charge in [-0.3, -0.25) is 0 Å². The zero-order valence-electron chi connectivity index (χ0n) is 11.7. The molecule has 3 heteroatoms. The molecule has 1 fully saturated rings. The summed E-state index contributed by atoms with van der Waals surface area (Å²) in [5.74, 6) is -0.389. The van der Waals surface area contributed by atoms with Gasteiger partial charge in [0.25, 0.3) is 0 Å². The SMILES string of the molecule is OC1(c2cc(Br)ccc2F)CCCCC1c1ccccc1. The molecule has 2 atom stereocenters. The monoisotopic (exact) mass is 348 g/mol. The van der Waals surface area contributed by atoms with Gasteiger partial charge in [0.1, 0.15) is 5.82 Å². The fourth-order valence-corrected chi connectivity index (χ4v) is 3.80. The Balaban J connectivity index is 2.09. The van der Waals surface area contributed by atoms with Crippen molar-refractivity contribution in [2.45, 2.75) is 37.2 Å². The predicted octanol–water partition coefficient (Wildman–Crippen LogP) is 5.13. The van der Waals surface area contributed by atoms with Crippen LogP contribution in [0.4, 0.5) is 4.39 Å². The Bertz CT molecular complexity index is 628. The van der Waals surface area contributed by atoms with Crippen molar-refractivity contribution in [2.75, 3.05) is 0 Å². The minimum absolute atomic E-state index is 0.0590. The highest BCUT2D eigenvalue weighted by Crippen LogP contribution is 2.48. The van der Waals surface area contributed by atoms with Crippen LogP contribution in [-0.4, -0.2) is 5.11 Å². The maximum absolute atomic E-state index is 14.3. The zero-order valence-corrected chi connectivity index (χ0v) is 13.3. The molecule has 1 aliphatic carbocycles. The van der Waals surface area contributed by atoms with Crippen molar-refractivity contribution < 1.29 is 9.50 Å². The summed E-state index contributed by atoms with van der Waals surface area (Å²) in [6.07, 6.45) is 3.47. The second-order valence-electron chi connectivity index (χ2n) is 5.76. The van der Waals surface area contributed by atoms with Crippen LogP contribution < -0.4 is 0 Å². The lowest BCUT2D eigenvalue weighted by Crippen LogP contribution is -2.37. The first-order chi connectivity index (χ1) is 10.1. The molecule has 0 aromatic heterocycles. The van der Waals surface area contributed by atoms with Gasteiger partial charge < -0.3 is 5.11 Å². The van der Waals surface area contributed by atoms with Gasteiger partial charge in [-0.15, -0.1) is 0 Å². The minimum atomic E-state index is -1.13. The third kappa shape index (κ3) is 2.77. The van der Waals surface area contributed by atoms with Crippen molar-refractivity contribution in [3.63, 3.8) is 0 Å². The number of aliphatic hydroxyl groups is 1. The molecular formula is C18H18BrFO. The summed E-state index contributed by atoms with van der Waals surface area (Å²) in [7, 11) is 0. The summed E-state index contributed by atoms with van der Waals surface area (Å²) in [5, 5.41) is 11.3. The van der Waals surface area contributed by atoms with Crippen molar-refractivity contribution in [1.29, 1.82) is 0 Å². The van der Waals surface area contributed by atoms with Gasteiger partial charge in [-0.2, -0.15) is 0 Å². The van der Waals surface area contributed by atoms with Crippen LogP contribution in [0.25, 0.3) is 0 Å². The maximum Gasteiger partial charge on any atom is 0.129 e. The van der Waals surface area contributed by atoms with E-state index in [1.165, 1.54) is 6.07 Å². The van der Waals surface area contributed by atoms with E-state index in [9.17, 15) is 9.50 Å². The van der Waals surface area contributed by atoms with Crippen LogP contribution in [0.2, 0.25) is 0 Å². The Morgan fingerprint density at radius 1 is 1.10 bits per heavy atom. The summed E-state index contributed by atoms with van der Waals surface area (Å²) >= 11 is 3.39. The van der Waals surface area contributed by atoms with E-state index in [2.05, 4.69) is 15.9 Å². The topological polar surface area (TPSA) is 20.2 Å². The predicted molar refractivity (Wildman–Crippen MR) is 85.6 cm³/mol. The third-order valence-corrected chi connectivity index (χ3v) is 4.97. The first-order valence-electron chi connectivity index (χ1n) is 7.34. The highest BCUT2D eigenvalue weighted by atomic mass is 79.9. The quantitative estimate of drug-likeness (QED) is 0.797. The first kappa shape index (κ1) is 14.7. The molecule has 0 saturated heterocycles. The van der Waals surface area contributed by atoms with Gasteiger partial charge in [-0.05, 0) is 36.6 Å². The molecule has 2 aromatic rings. The van der Waals surface area contributed by atoms with E-state index in [4.69, 9.17) is 0 Å². The zero-order chi connectivity index (χ0) is 14.9. The van der Waals surface area contributed by atoms with Gasteiger partial charge in [-0.1, -0.05) is 59.1 Å². The third-order valence-electron chi connectivity index (χ3n) is 4.47. The van der Waals surface area contributed by atoms with E-state index >= 15 is 0 Å². The molecule has 2 aromatic carbocycles. The maximum atomic E-state index is 14.3. The van der Waals surface area contributed by atoms with Crippen LogP contribution in [0.1, 0.15) is 42.7 Å². The highest BCUT2D eigenvalue weighted by Gasteiger charge is 2.42. The van der Waals surface area contributed by atoms with E-state index in [1.807, 2.05) is 30.3 Å². The van der Waals surface area contributed by atoms with Crippen molar-refractivity contribution >= 4 is 15.9 Å². The van der Waals surface area contributed by atoms with Gasteiger partial charge in [-0.25, -0.2) is 4.39 Å². The molecule has 1 aliphatic rings. The fourth-order valence-electron chi connectivity index (χ4n) is 3.44. The lowest BCUT2D eigenvalue weighted by atomic mass is 9.68. The second kappa shape index (κ2) is 5.90. The molecule has 1 N–H and O–H groups in total. The van der Waals surface area contributed by atoms with E-state index in [0.29, 0.717) is 12.0 Å². The molecule has 0 radical (unpaired) electrons. The standard InChI is InChI=1S/C18H18BrFO/c19-14-9-10-17(20)16(12-14)18(21)11-5-4-8-15(18)13-6-2-1-3-7-13/h1-3,6-7,9-10,12,15,21H,4-5,8,11H2. The summed E-state index contributed by atoms with van der Waals surface area (Å²) < 4.78 is 15.1. The largest absolute Gasteiger partial charge is 0.384 e. The van der Waals surface area contributed by atoms with Crippen molar-refractivity contribution in [3.05, 3.63) is 69.9 Å². The summed E-state index contributed by atoms with van der Waals surface area (Å²) in [6.45, 7) is 0. The molecule has 21 heavy (non-hydrogen) atoms. The van der Waals surface area contributed by atoms with Gasteiger partial charge in [0.05, 0.1) is 5.60 Å². The molecule has 110 valence electrons. The molecule has 0 aliphatic heterocycles. The molecule has 3 rings (SSSR count). The molecule has 0 bridgehead atoms. The second-order valence-corrected chi connectivity index (χ2v) is 6.67. The molecule has 1 nitrogen and oxygen atoms in total. The van der Waals surface area contributed by atoms with Crippen molar-refractivity contribution in [2.24, 2.45) is 0 Å². The number of halogens is 2. The lowest BCUT2D eigenvalue weighted by Gasteiger charge is -2.41. The fraction of sp³-hybridized carbons (Fsp3) is 0.333. The van der Waals surface area contributed by atoms with Crippen LogP contribution in [0, 0.1) is 5.82 Å². The molecule has 1 saturated carbocycles. The summed E-state index contributed by atoms with van der Waals surface area (Å²) in [6, 6.07) is 14.8. The van der Waals surface area contributed by atoms with Gasteiger partial charge in [0, 0.05) is 16.0 Å². The Morgan fingerprint density at radius 2 is 1.86 bits per heavy atom. The van der Waals surface area contributed by atoms with E-state index in [0.717, 1.165) is 29.3 Å². The molecular weight excluding hydrogens is 331 g/mol. The van der Waals surface area contributed by atoms with Gasteiger partial charge >= 0.3 is 0 Å². The molecule has 0 amide bonds. The van der Waals surface area contributed by atoms with E-state index in [1.54, 1.807) is 12.1 Å². The molecule has 0 spiro atoms. The number of hydrogen-bond donors (Lipinski definition) is 1. The van der Waals surface area contributed by atoms with Gasteiger partial charge in [0.2, 0.25) is 0 Å².